The molecule has 1 nitrogen and oxygen atoms in total. The standard InChI is InChI=1S/C14H23O/c1-2-3-7-15-14-9-10-8-13(14)12-6-4-5-11(10)12/h10-14H,1-9H2. The van der Waals surface area contributed by atoms with Gasteiger partial charge in [-0.25, -0.2) is 0 Å². The Bertz CT molecular complexity index is 225. The molecule has 3 fully saturated rings. The van der Waals surface area contributed by atoms with Crippen LogP contribution < -0.4 is 0 Å². The van der Waals surface area contributed by atoms with Crippen LogP contribution in [0.4, 0.5) is 0 Å². The summed E-state index contributed by atoms with van der Waals surface area (Å²) in [6.07, 6.45) is 10.2. The zero-order chi connectivity index (χ0) is 10.3. The molecule has 0 saturated heterocycles. The molecule has 5 unspecified atom stereocenters. The second kappa shape index (κ2) is 4.08. The molecule has 15 heavy (non-hydrogen) atoms. The van der Waals surface area contributed by atoms with E-state index in [4.69, 9.17) is 4.74 Å². The SMILES string of the molecule is [CH2]CCCOC1CC2CC1C1CCCC21. The lowest BCUT2D eigenvalue weighted by Crippen LogP contribution is -2.30. The molecule has 0 aromatic carbocycles. The zero-order valence-corrected chi connectivity index (χ0v) is 9.66. The van der Waals surface area contributed by atoms with E-state index in [1.807, 2.05) is 0 Å². The summed E-state index contributed by atoms with van der Waals surface area (Å²) >= 11 is 0. The van der Waals surface area contributed by atoms with E-state index >= 15 is 0 Å². The number of fused-ring (bicyclic) bond motifs is 5. The Morgan fingerprint density at radius 1 is 1.07 bits per heavy atom. The highest BCUT2D eigenvalue weighted by Crippen LogP contribution is 2.59. The molecule has 2 bridgehead atoms. The second-order valence-electron chi connectivity index (χ2n) is 5.77. The van der Waals surface area contributed by atoms with Crippen molar-refractivity contribution in [2.75, 3.05) is 6.61 Å². The smallest absolute Gasteiger partial charge is 0.0608 e. The molecular weight excluding hydrogens is 184 g/mol. The van der Waals surface area contributed by atoms with Gasteiger partial charge in [-0.15, -0.1) is 0 Å². The Labute approximate surface area is 93.6 Å². The Kier molecular flexibility index (Phi) is 2.76. The third-order valence-electron chi connectivity index (χ3n) is 5.09. The highest BCUT2D eigenvalue weighted by Gasteiger charge is 2.54. The summed E-state index contributed by atoms with van der Waals surface area (Å²) in [6.45, 7) is 4.82. The normalized spacial score (nSPS) is 47.4. The van der Waals surface area contributed by atoms with Gasteiger partial charge in [0.2, 0.25) is 0 Å². The monoisotopic (exact) mass is 207 g/mol. The first kappa shape index (κ1) is 10.1. The quantitative estimate of drug-likeness (QED) is 0.642. The molecule has 1 radical (unpaired) electrons. The summed E-state index contributed by atoms with van der Waals surface area (Å²) in [7, 11) is 0. The van der Waals surface area contributed by atoms with Crippen LogP contribution in [0.15, 0.2) is 0 Å². The number of ether oxygens (including phenoxy) is 1. The number of unbranched alkanes of at least 4 members (excludes halogenated alkanes) is 1. The van der Waals surface area contributed by atoms with Crippen molar-refractivity contribution in [3.8, 4) is 0 Å². The molecule has 3 aliphatic rings. The molecule has 0 aliphatic heterocycles. The summed E-state index contributed by atoms with van der Waals surface area (Å²) in [6, 6.07) is 0. The lowest BCUT2D eigenvalue weighted by molar-refractivity contribution is -0.0109. The summed E-state index contributed by atoms with van der Waals surface area (Å²) in [5.74, 6) is 4.12. The topological polar surface area (TPSA) is 9.23 Å². The van der Waals surface area contributed by atoms with Crippen LogP contribution in [0.3, 0.4) is 0 Å². The molecule has 3 saturated carbocycles. The Balaban J connectivity index is 1.56. The highest BCUT2D eigenvalue weighted by atomic mass is 16.5. The number of hydrogen-bond donors (Lipinski definition) is 0. The summed E-state index contributed by atoms with van der Waals surface area (Å²) in [4.78, 5) is 0. The van der Waals surface area contributed by atoms with Gasteiger partial charge in [-0.2, -0.15) is 0 Å². The molecule has 85 valence electrons. The predicted octanol–water partition coefficient (Wildman–Crippen LogP) is 3.44. The Morgan fingerprint density at radius 3 is 2.80 bits per heavy atom. The minimum absolute atomic E-state index is 0.626. The number of rotatable bonds is 4. The minimum atomic E-state index is 0.626. The van der Waals surface area contributed by atoms with Crippen LogP contribution in [0.5, 0.6) is 0 Å². The first-order valence-corrected chi connectivity index (χ1v) is 6.81. The summed E-state index contributed by atoms with van der Waals surface area (Å²) < 4.78 is 6.05. The average molecular weight is 207 g/mol. The fraction of sp³-hybridized carbons (Fsp3) is 0.929. The molecular formula is C14H23O. The van der Waals surface area contributed by atoms with Gasteiger partial charge in [0, 0.05) is 6.61 Å². The van der Waals surface area contributed by atoms with Gasteiger partial charge in [0.1, 0.15) is 0 Å². The average Bonchev–Trinajstić information content (AvgIpc) is 2.89. The maximum atomic E-state index is 6.05. The van der Waals surface area contributed by atoms with Gasteiger partial charge in [-0.1, -0.05) is 19.8 Å². The van der Waals surface area contributed by atoms with E-state index in [1.54, 1.807) is 0 Å². The van der Waals surface area contributed by atoms with Crippen LogP contribution >= 0.6 is 0 Å². The predicted molar refractivity (Wildman–Crippen MR) is 61.4 cm³/mol. The van der Waals surface area contributed by atoms with E-state index < -0.39 is 0 Å². The van der Waals surface area contributed by atoms with Crippen molar-refractivity contribution >= 4 is 0 Å². The van der Waals surface area contributed by atoms with Gasteiger partial charge in [0.25, 0.3) is 0 Å². The van der Waals surface area contributed by atoms with Gasteiger partial charge >= 0.3 is 0 Å². The van der Waals surface area contributed by atoms with E-state index in [-0.39, 0.29) is 0 Å². The van der Waals surface area contributed by atoms with Gasteiger partial charge in [-0.05, 0) is 55.8 Å². The second-order valence-corrected chi connectivity index (χ2v) is 5.77. The third-order valence-corrected chi connectivity index (χ3v) is 5.09. The molecule has 3 rings (SSSR count). The third kappa shape index (κ3) is 1.63. The first-order chi connectivity index (χ1) is 7.40. The van der Waals surface area contributed by atoms with Gasteiger partial charge in [-0.3, -0.25) is 0 Å². The van der Waals surface area contributed by atoms with Crippen molar-refractivity contribution in [1.82, 2.24) is 0 Å². The fourth-order valence-corrected chi connectivity index (χ4v) is 4.53. The molecule has 0 aromatic heterocycles. The van der Waals surface area contributed by atoms with Crippen molar-refractivity contribution in [3.63, 3.8) is 0 Å². The van der Waals surface area contributed by atoms with Gasteiger partial charge < -0.3 is 4.74 Å². The first-order valence-electron chi connectivity index (χ1n) is 6.81. The van der Waals surface area contributed by atoms with Crippen molar-refractivity contribution in [2.24, 2.45) is 23.7 Å². The molecule has 0 N–H and O–H groups in total. The van der Waals surface area contributed by atoms with E-state index in [1.165, 1.54) is 32.1 Å². The van der Waals surface area contributed by atoms with E-state index in [0.717, 1.165) is 43.1 Å². The fourth-order valence-electron chi connectivity index (χ4n) is 4.53. The Morgan fingerprint density at radius 2 is 1.93 bits per heavy atom. The molecule has 5 atom stereocenters. The van der Waals surface area contributed by atoms with Crippen molar-refractivity contribution in [1.29, 1.82) is 0 Å². The van der Waals surface area contributed by atoms with E-state index in [9.17, 15) is 0 Å². The molecule has 0 amide bonds. The lowest BCUT2D eigenvalue weighted by Gasteiger charge is -2.31. The van der Waals surface area contributed by atoms with Crippen LogP contribution in [0.1, 0.15) is 44.9 Å². The molecule has 3 aliphatic carbocycles. The molecule has 1 heteroatoms. The Hall–Kier alpha value is -0.0400. The van der Waals surface area contributed by atoms with Crippen molar-refractivity contribution in [3.05, 3.63) is 6.92 Å². The molecule has 0 heterocycles. The number of hydrogen-bond acceptors (Lipinski definition) is 1. The molecule has 0 spiro atoms. The van der Waals surface area contributed by atoms with Gasteiger partial charge in [0.05, 0.1) is 6.10 Å². The van der Waals surface area contributed by atoms with Crippen molar-refractivity contribution < 1.29 is 4.74 Å². The lowest BCUT2D eigenvalue weighted by atomic mass is 9.80. The minimum Gasteiger partial charge on any atom is -0.378 e. The maximum Gasteiger partial charge on any atom is 0.0608 e. The maximum absolute atomic E-state index is 6.05. The van der Waals surface area contributed by atoms with Gasteiger partial charge in [0.15, 0.2) is 0 Å². The van der Waals surface area contributed by atoms with E-state index in [2.05, 4.69) is 6.92 Å². The molecule has 0 aromatic rings. The largest absolute Gasteiger partial charge is 0.378 e. The highest BCUT2D eigenvalue weighted by molar-refractivity contribution is 5.03. The summed E-state index contributed by atoms with van der Waals surface area (Å²) in [5.41, 5.74) is 0. The van der Waals surface area contributed by atoms with Crippen molar-refractivity contribution in [2.45, 2.75) is 51.0 Å². The van der Waals surface area contributed by atoms with Crippen LogP contribution in [-0.4, -0.2) is 12.7 Å². The van der Waals surface area contributed by atoms with Crippen LogP contribution in [0.25, 0.3) is 0 Å². The van der Waals surface area contributed by atoms with Crippen LogP contribution in [0, 0.1) is 30.6 Å². The summed E-state index contributed by atoms with van der Waals surface area (Å²) in [5, 5.41) is 0. The zero-order valence-electron chi connectivity index (χ0n) is 9.66. The van der Waals surface area contributed by atoms with Crippen LogP contribution in [-0.2, 0) is 4.74 Å². The van der Waals surface area contributed by atoms with E-state index in [0.29, 0.717) is 6.10 Å². The van der Waals surface area contributed by atoms with Crippen LogP contribution in [0.2, 0.25) is 0 Å².